The van der Waals surface area contributed by atoms with Crippen LogP contribution in [-0.2, 0) is 4.79 Å². The summed E-state index contributed by atoms with van der Waals surface area (Å²) in [6.07, 6.45) is 35.4. The van der Waals surface area contributed by atoms with Gasteiger partial charge in [0.1, 0.15) is 12.2 Å². The lowest BCUT2D eigenvalue weighted by Gasteiger charge is -2.27. The molecule has 0 aromatic rings. The van der Waals surface area contributed by atoms with Crippen molar-refractivity contribution in [1.29, 1.82) is 0 Å². The fourth-order valence-electron chi connectivity index (χ4n) is 6.05. The minimum Gasteiger partial charge on any atom is -0.394 e. The van der Waals surface area contributed by atoms with Crippen LogP contribution in [0, 0.1) is 0 Å². The van der Waals surface area contributed by atoms with Gasteiger partial charge in [-0.25, -0.2) is 0 Å². The summed E-state index contributed by atoms with van der Waals surface area (Å²) in [7, 11) is 0. The van der Waals surface area contributed by atoms with Crippen molar-refractivity contribution < 1.29 is 25.2 Å². The molecule has 4 atom stereocenters. The number of aliphatic hydroxyl groups is 4. The largest absolute Gasteiger partial charge is 0.394 e. The molecule has 5 N–H and O–H groups in total. The summed E-state index contributed by atoms with van der Waals surface area (Å²) in [6, 6.07) is -0.994. The normalized spacial score (nSPS) is 14.5. The molecular weight excluding hydrogens is 562 g/mol. The minimum absolute atomic E-state index is 0.364. The Bertz CT molecular complexity index is 643. The van der Waals surface area contributed by atoms with Crippen molar-refractivity contribution in [3.05, 3.63) is 12.2 Å². The van der Waals surface area contributed by atoms with E-state index < -0.39 is 36.9 Å². The first-order valence-electron chi connectivity index (χ1n) is 19.6. The van der Waals surface area contributed by atoms with E-state index in [1.807, 2.05) is 0 Å². The lowest BCUT2D eigenvalue weighted by atomic mass is 10.00. The standard InChI is InChI=1S/C39H77NO5/c1-3-5-7-9-11-13-14-15-16-17-18-19-20-21-22-23-24-25-27-28-30-32-36(42)38(44)35(34-41)40-39(45)37(43)33-31-29-26-12-10-8-6-4-2/h25,27,35-38,41-44H,3-24,26,28-34H2,1-2H3,(H,40,45)/b27-25+. The third-order valence-electron chi connectivity index (χ3n) is 9.23. The van der Waals surface area contributed by atoms with Crippen LogP contribution in [0.15, 0.2) is 12.2 Å². The number of allylic oxidation sites excluding steroid dienone is 2. The van der Waals surface area contributed by atoms with Crippen LogP contribution in [-0.4, -0.2) is 57.3 Å². The SMILES string of the molecule is CCCCCCCCCCCCCCCCCC/C=C/CCCC(O)C(O)C(CO)NC(=O)C(O)CCCCCCCCCC. The van der Waals surface area contributed by atoms with Gasteiger partial charge in [-0.15, -0.1) is 0 Å². The van der Waals surface area contributed by atoms with Crippen LogP contribution in [0.2, 0.25) is 0 Å². The Labute approximate surface area is 279 Å². The van der Waals surface area contributed by atoms with E-state index in [1.54, 1.807) is 0 Å². The van der Waals surface area contributed by atoms with Gasteiger partial charge < -0.3 is 25.7 Å². The molecule has 45 heavy (non-hydrogen) atoms. The lowest BCUT2D eigenvalue weighted by molar-refractivity contribution is -0.132. The first-order valence-corrected chi connectivity index (χ1v) is 19.6. The average Bonchev–Trinajstić information content (AvgIpc) is 3.04. The summed E-state index contributed by atoms with van der Waals surface area (Å²) in [4.78, 5) is 12.4. The number of carbonyl (C=O) groups excluding carboxylic acids is 1. The molecule has 1 amide bonds. The van der Waals surface area contributed by atoms with Crippen LogP contribution in [0.4, 0.5) is 0 Å². The Hall–Kier alpha value is -0.950. The number of unbranched alkanes of at least 4 members (excludes halogenated alkanes) is 24. The molecule has 0 spiro atoms. The van der Waals surface area contributed by atoms with Gasteiger partial charge in [0.15, 0.2) is 0 Å². The highest BCUT2D eigenvalue weighted by molar-refractivity contribution is 5.80. The quantitative estimate of drug-likeness (QED) is 0.0350. The van der Waals surface area contributed by atoms with Gasteiger partial charge >= 0.3 is 0 Å². The highest BCUT2D eigenvalue weighted by Gasteiger charge is 2.28. The minimum atomic E-state index is -1.27. The lowest BCUT2D eigenvalue weighted by Crippen LogP contribution is -2.53. The monoisotopic (exact) mass is 640 g/mol. The van der Waals surface area contributed by atoms with E-state index in [9.17, 15) is 25.2 Å². The number of hydrogen-bond donors (Lipinski definition) is 5. The molecule has 268 valence electrons. The van der Waals surface area contributed by atoms with Gasteiger partial charge in [0.05, 0.1) is 18.8 Å². The molecule has 0 bridgehead atoms. The smallest absolute Gasteiger partial charge is 0.249 e. The summed E-state index contributed by atoms with van der Waals surface area (Å²) in [5, 5.41) is 43.3. The summed E-state index contributed by atoms with van der Waals surface area (Å²) < 4.78 is 0. The van der Waals surface area contributed by atoms with Crippen molar-refractivity contribution in [2.45, 2.75) is 224 Å². The summed E-state index contributed by atoms with van der Waals surface area (Å²) in [6.45, 7) is 3.99. The molecule has 6 heteroatoms. The molecule has 4 unspecified atom stereocenters. The molecule has 0 saturated heterocycles. The molecule has 0 radical (unpaired) electrons. The van der Waals surface area contributed by atoms with Gasteiger partial charge in [0, 0.05) is 0 Å². The number of carbonyl (C=O) groups is 1. The Morgan fingerprint density at radius 2 is 0.911 bits per heavy atom. The molecule has 0 aromatic carbocycles. The fourth-order valence-corrected chi connectivity index (χ4v) is 6.05. The topological polar surface area (TPSA) is 110 Å². The van der Waals surface area contributed by atoms with Crippen LogP contribution >= 0.6 is 0 Å². The second kappa shape index (κ2) is 34.4. The summed E-state index contributed by atoms with van der Waals surface area (Å²) >= 11 is 0. The van der Waals surface area contributed by atoms with E-state index in [2.05, 4.69) is 31.3 Å². The number of rotatable bonds is 35. The van der Waals surface area contributed by atoms with Gasteiger partial charge in [-0.05, 0) is 38.5 Å². The first kappa shape index (κ1) is 44.0. The molecule has 0 aliphatic heterocycles. The molecule has 0 heterocycles. The van der Waals surface area contributed by atoms with Crippen LogP contribution < -0.4 is 5.32 Å². The van der Waals surface area contributed by atoms with E-state index in [1.165, 1.54) is 135 Å². The van der Waals surface area contributed by atoms with Crippen molar-refractivity contribution in [2.24, 2.45) is 0 Å². The van der Waals surface area contributed by atoms with Crippen molar-refractivity contribution in [3.8, 4) is 0 Å². The van der Waals surface area contributed by atoms with E-state index in [0.29, 0.717) is 12.8 Å². The molecular formula is C39H77NO5. The van der Waals surface area contributed by atoms with Crippen molar-refractivity contribution in [2.75, 3.05) is 6.61 Å². The van der Waals surface area contributed by atoms with Crippen molar-refractivity contribution in [3.63, 3.8) is 0 Å². The Balaban J connectivity index is 3.74. The van der Waals surface area contributed by atoms with Crippen LogP contribution in [0.1, 0.15) is 200 Å². The van der Waals surface area contributed by atoms with Crippen LogP contribution in [0.5, 0.6) is 0 Å². The fraction of sp³-hybridized carbons (Fsp3) is 0.923. The number of hydrogen-bond acceptors (Lipinski definition) is 5. The predicted octanol–water partition coefficient (Wildman–Crippen LogP) is 9.46. The number of nitrogens with one attached hydrogen (secondary N) is 1. The van der Waals surface area contributed by atoms with Gasteiger partial charge in [-0.3, -0.25) is 4.79 Å². The van der Waals surface area contributed by atoms with Gasteiger partial charge in [0.25, 0.3) is 0 Å². The Kier molecular flexibility index (Phi) is 33.7. The predicted molar refractivity (Wildman–Crippen MR) is 191 cm³/mol. The molecule has 0 saturated carbocycles. The summed E-state index contributed by atoms with van der Waals surface area (Å²) in [5.74, 6) is -0.597. The second-order valence-corrected chi connectivity index (χ2v) is 13.6. The third kappa shape index (κ3) is 29.0. The second-order valence-electron chi connectivity index (χ2n) is 13.6. The Morgan fingerprint density at radius 3 is 1.33 bits per heavy atom. The van der Waals surface area contributed by atoms with E-state index in [0.717, 1.165) is 38.5 Å². The highest BCUT2D eigenvalue weighted by atomic mass is 16.3. The van der Waals surface area contributed by atoms with Crippen molar-refractivity contribution in [1.82, 2.24) is 5.32 Å². The first-order chi connectivity index (χ1) is 22.0. The molecule has 0 aliphatic carbocycles. The molecule has 0 aromatic heterocycles. The maximum atomic E-state index is 12.4. The number of amides is 1. The van der Waals surface area contributed by atoms with E-state index in [4.69, 9.17) is 0 Å². The van der Waals surface area contributed by atoms with Crippen LogP contribution in [0.25, 0.3) is 0 Å². The van der Waals surface area contributed by atoms with E-state index in [-0.39, 0.29) is 0 Å². The zero-order valence-electron chi connectivity index (χ0n) is 29.9. The zero-order chi connectivity index (χ0) is 33.2. The number of aliphatic hydroxyl groups excluding tert-OH is 4. The van der Waals surface area contributed by atoms with Crippen LogP contribution in [0.3, 0.4) is 0 Å². The maximum Gasteiger partial charge on any atom is 0.249 e. The highest BCUT2D eigenvalue weighted by Crippen LogP contribution is 2.15. The zero-order valence-corrected chi connectivity index (χ0v) is 29.9. The summed E-state index contributed by atoms with van der Waals surface area (Å²) in [5.41, 5.74) is 0. The van der Waals surface area contributed by atoms with E-state index >= 15 is 0 Å². The van der Waals surface area contributed by atoms with Gasteiger partial charge in [-0.1, -0.05) is 174 Å². The van der Waals surface area contributed by atoms with Gasteiger partial charge in [-0.2, -0.15) is 0 Å². The maximum absolute atomic E-state index is 12.4. The Morgan fingerprint density at radius 1 is 0.533 bits per heavy atom. The van der Waals surface area contributed by atoms with Crippen molar-refractivity contribution >= 4 is 5.91 Å². The molecule has 0 fully saturated rings. The average molecular weight is 640 g/mol. The molecule has 6 nitrogen and oxygen atoms in total. The molecule has 0 rings (SSSR count). The van der Waals surface area contributed by atoms with Gasteiger partial charge in [0.2, 0.25) is 5.91 Å². The third-order valence-corrected chi connectivity index (χ3v) is 9.23. The molecule has 0 aliphatic rings.